The molecule has 4 aliphatic rings. The number of esters is 1. The van der Waals surface area contributed by atoms with E-state index in [1.165, 1.54) is 0 Å². The Hall–Kier alpha value is -3.69. The zero-order chi connectivity index (χ0) is 25.7. The van der Waals surface area contributed by atoms with Gasteiger partial charge in [-0.1, -0.05) is 6.08 Å². The maximum atomic E-state index is 12.9. The number of ketones is 1. The summed E-state index contributed by atoms with van der Waals surface area (Å²) >= 11 is 0. The van der Waals surface area contributed by atoms with Crippen LogP contribution in [0.15, 0.2) is 75.9 Å². The van der Waals surface area contributed by atoms with Crippen molar-refractivity contribution in [2.24, 2.45) is 4.99 Å². The number of nitrogens with zero attached hydrogens (tertiary/aromatic N) is 3. The second-order valence-electron chi connectivity index (χ2n) is 9.10. The van der Waals surface area contributed by atoms with E-state index < -0.39 is 12.0 Å². The van der Waals surface area contributed by atoms with Gasteiger partial charge in [-0.3, -0.25) is 19.2 Å². The summed E-state index contributed by atoms with van der Waals surface area (Å²) < 4.78 is 11.0. The molecule has 3 aliphatic heterocycles. The third-order valence-electron chi connectivity index (χ3n) is 6.11. The van der Waals surface area contributed by atoms with Crippen molar-refractivity contribution in [1.82, 2.24) is 15.1 Å². The van der Waals surface area contributed by atoms with E-state index in [4.69, 9.17) is 9.16 Å². The first kappa shape index (κ1) is 25.4. The largest absolute Gasteiger partial charge is 0.521 e. The fourth-order valence-corrected chi connectivity index (χ4v) is 4.26. The molecule has 1 aliphatic carbocycles. The Bertz CT molecular complexity index is 1170. The van der Waals surface area contributed by atoms with Crippen molar-refractivity contribution in [3.63, 3.8) is 0 Å². The quantitative estimate of drug-likeness (QED) is 0.184. The summed E-state index contributed by atoms with van der Waals surface area (Å²) in [6, 6.07) is -0.874. The molecule has 0 aromatic carbocycles. The molecule has 9 heteroatoms. The smallest absolute Gasteiger partial charge is 0.464 e. The number of aliphatic imine (C=N–C) groups is 1. The van der Waals surface area contributed by atoms with Gasteiger partial charge in [0.25, 0.3) is 0 Å². The van der Waals surface area contributed by atoms with Gasteiger partial charge in [0.2, 0.25) is 5.78 Å². The second kappa shape index (κ2) is 11.4. The van der Waals surface area contributed by atoms with Crippen molar-refractivity contribution in [1.29, 1.82) is 0 Å². The zero-order valence-electron chi connectivity index (χ0n) is 20.9. The maximum absolute atomic E-state index is 12.9. The monoisotopic (exact) mass is 492 g/mol. The number of nitrogens with one attached hydrogen (secondary N) is 1. The van der Waals surface area contributed by atoms with Crippen LogP contribution in [-0.2, 0) is 18.8 Å². The number of rotatable bonds is 7. The van der Waals surface area contributed by atoms with Crippen LogP contribution in [0.4, 0.5) is 0 Å². The molecule has 0 fully saturated rings. The van der Waals surface area contributed by atoms with Gasteiger partial charge in [-0.2, -0.15) is 0 Å². The molecular weight excluding hydrogens is 460 g/mol. The van der Waals surface area contributed by atoms with E-state index in [0.29, 0.717) is 30.0 Å². The number of carbonyl (C=O) groups excluding carboxylic acids is 3. The van der Waals surface area contributed by atoms with Crippen molar-refractivity contribution in [2.75, 3.05) is 46.9 Å². The number of fused-ring (bicyclic) bond motifs is 1. The van der Waals surface area contributed by atoms with Gasteiger partial charge in [-0.25, -0.2) is 9.59 Å². The van der Waals surface area contributed by atoms with Gasteiger partial charge in [-0.15, -0.1) is 0 Å². The lowest BCUT2D eigenvalue weighted by atomic mass is 9.93. The van der Waals surface area contributed by atoms with Crippen LogP contribution >= 0.6 is 0 Å². The predicted octanol–water partition coefficient (Wildman–Crippen LogP) is 1.71. The average molecular weight is 493 g/mol. The molecule has 1 unspecified atom stereocenters. The minimum Gasteiger partial charge on any atom is -0.464 e. The minimum absolute atomic E-state index is 0.155. The predicted molar refractivity (Wildman–Crippen MR) is 137 cm³/mol. The second-order valence-corrected chi connectivity index (χ2v) is 9.10. The van der Waals surface area contributed by atoms with Crippen LogP contribution in [0.5, 0.6) is 0 Å². The van der Waals surface area contributed by atoms with Crippen LogP contribution in [0.25, 0.3) is 0 Å². The Morgan fingerprint density at radius 1 is 1.25 bits per heavy atom. The number of aliphatic hydroxyl groups excluding tert-OH is 1. The summed E-state index contributed by atoms with van der Waals surface area (Å²) in [5.74, 6) is -0.508. The number of ether oxygens (including phenoxy) is 1. The maximum Gasteiger partial charge on any atom is 0.521 e. The van der Waals surface area contributed by atoms with Crippen molar-refractivity contribution in [3.8, 4) is 0 Å². The van der Waals surface area contributed by atoms with Gasteiger partial charge in [0, 0.05) is 43.4 Å². The molecule has 0 radical (unpaired) electrons. The molecular formula is C27H32N4O5+2. The normalized spacial score (nSPS) is 23.1. The van der Waals surface area contributed by atoms with Gasteiger partial charge >= 0.3 is 17.8 Å². The molecule has 0 aromatic rings. The van der Waals surface area contributed by atoms with E-state index in [2.05, 4.69) is 15.2 Å². The fraction of sp³-hybridized carbons (Fsp3) is 0.370. The van der Waals surface area contributed by atoms with Gasteiger partial charge in [0.1, 0.15) is 17.7 Å². The van der Waals surface area contributed by atoms with E-state index in [0.717, 1.165) is 29.9 Å². The SMILES string of the molecule is CCOC(=O)C(CC1=CN=C2C=CC(=[O+]C(O)=C3C=CCN(C)C3)C=C12)NC(=O)C1=C[CH+]CN(C)C1. The molecule has 0 saturated heterocycles. The molecule has 0 saturated carbocycles. The number of amides is 1. The van der Waals surface area contributed by atoms with Crippen LogP contribution in [-0.4, -0.2) is 91.2 Å². The Balaban J connectivity index is 1.52. The lowest BCUT2D eigenvalue weighted by Gasteiger charge is -2.20. The number of carbonyl (C=O) groups is 2. The van der Waals surface area contributed by atoms with Gasteiger partial charge in [0.15, 0.2) is 5.57 Å². The molecule has 1 atom stereocenters. The lowest BCUT2D eigenvalue weighted by Crippen LogP contribution is -2.44. The topological polar surface area (TPSA) is 106 Å². The Labute approximate surface area is 211 Å². The summed E-state index contributed by atoms with van der Waals surface area (Å²) in [5.41, 5.74) is 3.54. The highest BCUT2D eigenvalue weighted by Gasteiger charge is 2.32. The lowest BCUT2D eigenvalue weighted by molar-refractivity contribution is -0.434. The van der Waals surface area contributed by atoms with Gasteiger partial charge < -0.3 is 15.2 Å². The zero-order valence-corrected chi connectivity index (χ0v) is 20.9. The molecule has 0 spiro atoms. The third kappa shape index (κ3) is 6.10. The van der Waals surface area contributed by atoms with Gasteiger partial charge in [-0.05, 0) is 38.7 Å². The molecule has 4 rings (SSSR count). The summed E-state index contributed by atoms with van der Waals surface area (Å²) in [6.45, 7) is 4.61. The van der Waals surface area contributed by atoms with Crippen molar-refractivity contribution < 1.29 is 23.9 Å². The number of allylic oxidation sites excluding steroid dienone is 4. The summed E-state index contributed by atoms with van der Waals surface area (Å²) in [6.07, 6.45) is 14.7. The van der Waals surface area contributed by atoms with E-state index in [9.17, 15) is 14.7 Å². The number of hydrogen-bond donors (Lipinski definition) is 2. The molecule has 2 N–H and O–H groups in total. The van der Waals surface area contributed by atoms with Crippen LogP contribution in [0.3, 0.4) is 0 Å². The van der Waals surface area contributed by atoms with Crippen LogP contribution in [0.1, 0.15) is 13.3 Å². The number of likely N-dealkylation sites (N-methyl/N-ethyl adjacent to an activating group) is 2. The Morgan fingerprint density at radius 2 is 2.08 bits per heavy atom. The first-order valence-corrected chi connectivity index (χ1v) is 12.0. The summed E-state index contributed by atoms with van der Waals surface area (Å²) in [4.78, 5) is 34.1. The first-order chi connectivity index (χ1) is 17.3. The van der Waals surface area contributed by atoms with Crippen LogP contribution in [0.2, 0.25) is 0 Å². The fourth-order valence-electron chi connectivity index (χ4n) is 4.26. The van der Waals surface area contributed by atoms with Crippen molar-refractivity contribution in [3.05, 3.63) is 77.3 Å². The first-order valence-electron chi connectivity index (χ1n) is 12.0. The summed E-state index contributed by atoms with van der Waals surface area (Å²) in [5, 5.41) is 13.3. The highest BCUT2D eigenvalue weighted by atomic mass is 16.5. The highest BCUT2D eigenvalue weighted by molar-refractivity contribution is 6.23. The summed E-state index contributed by atoms with van der Waals surface area (Å²) in [7, 11) is 3.89. The van der Waals surface area contributed by atoms with E-state index >= 15 is 0 Å². The molecule has 9 nitrogen and oxygen atoms in total. The molecule has 188 valence electrons. The van der Waals surface area contributed by atoms with E-state index in [1.807, 2.05) is 37.6 Å². The molecule has 0 aromatic heterocycles. The van der Waals surface area contributed by atoms with Crippen LogP contribution in [0, 0.1) is 6.42 Å². The standard InChI is InChI=1S/C27H30N4O5/c1-4-35-27(34)24(29-25(32)18-7-5-11-30(2)16-18)13-20-15-28-23-10-9-21(14-22(20)23)36-26(33)19-8-6-12-31(3)17-19/h5-10,14-15,24H,4,11-13,16-17H2,1-3H3/p+2. The van der Waals surface area contributed by atoms with Crippen LogP contribution < -0.4 is 5.32 Å². The average Bonchev–Trinajstić information content (AvgIpc) is 3.25. The van der Waals surface area contributed by atoms with E-state index in [1.54, 1.807) is 37.4 Å². The molecule has 36 heavy (non-hydrogen) atoms. The van der Waals surface area contributed by atoms with Crippen molar-refractivity contribution >= 4 is 23.4 Å². The van der Waals surface area contributed by atoms with E-state index in [-0.39, 0.29) is 24.9 Å². The van der Waals surface area contributed by atoms with Crippen molar-refractivity contribution in [2.45, 2.75) is 19.4 Å². The molecule has 0 bridgehead atoms. The highest BCUT2D eigenvalue weighted by Crippen LogP contribution is 2.27. The van der Waals surface area contributed by atoms with Gasteiger partial charge in [0.05, 0.1) is 31.8 Å². The minimum atomic E-state index is -0.874. The molecule has 1 amide bonds. The molecule has 3 heterocycles. The number of aliphatic hydroxyl groups is 1. The Kier molecular flexibility index (Phi) is 8.02. The Morgan fingerprint density at radius 3 is 2.83 bits per heavy atom. The number of hydrogen-bond acceptors (Lipinski definition) is 7. The third-order valence-corrected chi connectivity index (χ3v) is 6.11.